The maximum absolute atomic E-state index is 10.3. The SMILES string of the molecule is COc1cc(COP(=O)(O)O)on1. The Morgan fingerprint density at radius 2 is 2.38 bits per heavy atom. The average Bonchev–Trinajstić information content (AvgIpc) is 2.47. The Labute approximate surface area is 73.5 Å². The quantitative estimate of drug-likeness (QED) is 0.687. The number of hydrogen-bond donors (Lipinski definition) is 2. The second-order valence-corrected chi connectivity index (χ2v) is 3.34. The summed E-state index contributed by atoms with van der Waals surface area (Å²) < 4.78 is 23.7. The molecule has 0 radical (unpaired) electrons. The summed E-state index contributed by atoms with van der Waals surface area (Å²) in [5.41, 5.74) is 0. The average molecular weight is 209 g/mol. The van der Waals surface area contributed by atoms with Crippen molar-refractivity contribution >= 4 is 7.82 Å². The highest BCUT2D eigenvalue weighted by atomic mass is 31.2. The Balaban J connectivity index is 2.50. The second-order valence-electron chi connectivity index (χ2n) is 2.10. The van der Waals surface area contributed by atoms with Gasteiger partial charge in [0.15, 0.2) is 5.76 Å². The van der Waals surface area contributed by atoms with Crippen molar-refractivity contribution in [3.8, 4) is 5.88 Å². The van der Waals surface area contributed by atoms with E-state index in [1.807, 2.05) is 0 Å². The van der Waals surface area contributed by atoms with Gasteiger partial charge >= 0.3 is 7.82 Å². The lowest BCUT2D eigenvalue weighted by atomic mass is 10.5. The van der Waals surface area contributed by atoms with E-state index in [0.717, 1.165) is 0 Å². The molecule has 0 aliphatic rings. The molecule has 0 saturated heterocycles. The summed E-state index contributed by atoms with van der Waals surface area (Å²) in [5, 5.41) is 3.41. The Morgan fingerprint density at radius 3 is 2.85 bits per heavy atom. The van der Waals surface area contributed by atoms with Crippen LogP contribution in [0.1, 0.15) is 5.76 Å². The van der Waals surface area contributed by atoms with Crippen LogP contribution < -0.4 is 4.74 Å². The van der Waals surface area contributed by atoms with E-state index in [-0.39, 0.29) is 18.2 Å². The molecule has 1 aromatic rings. The van der Waals surface area contributed by atoms with Crippen LogP contribution in [0, 0.1) is 0 Å². The van der Waals surface area contributed by atoms with Crippen molar-refractivity contribution in [1.82, 2.24) is 5.16 Å². The van der Waals surface area contributed by atoms with E-state index < -0.39 is 7.82 Å². The van der Waals surface area contributed by atoms with Crippen molar-refractivity contribution in [3.63, 3.8) is 0 Å². The molecular weight excluding hydrogens is 201 g/mol. The minimum Gasteiger partial charge on any atom is -0.479 e. The third-order valence-corrected chi connectivity index (χ3v) is 1.59. The van der Waals surface area contributed by atoms with Gasteiger partial charge in [0.2, 0.25) is 0 Å². The van der Waals surface area contributed by atoms with E-state index in [1.165, 1.54) is 13.2 Å². The predicted molar refractivity (Wildman–Crippen MR) is 39.9 cm³/mol. The van der Waals surface area contributed by atoms with E-state index in [0.29, 0.717) is 0 Å². The molecule has 2 N–H and O–H groups in total. The van der Waals surface area contributed by atoms with Gasteiger partial charge in [-0.1, -0.05) is 0 Å². The van der Waals surface area contributed by atoms with Crippen molar-refractivity contribution in [1.29, 1.82) is 0 Å². The van der Waals surface area contributed by atoms with Gasteiger partial charge in [-0.05, 0) is 5.16 Å². The van der Waals surface area contributed by atoms with Gasteiger partial charge in [0.05, 0.1) is 7.11 Å². The van der Waals surface area contributed by atoms with Gasteiger partial charge in [-0.15, -0.1) is 0 Å². The van der Waals surface area contributed by atoms with Gasteiger partial charge in [-0.2, -0.15) is 0 Å². The molecule has 74 valence electrons. The summed E-state index contributed by atoms with van der Waals surface area (Å²) in [6.07, 6.45) is 0. The molecule has 0 amide bonds. The summed E-state index contributed by atoms with van der Waals surface area (Å²) in [6, 6.07) is 1.37. The topological polar surface area (TPSA) is 102 Å². The number of nitrogens with zero attached hydrogens (tertiary/aromatic N) is 1. The number of methoxy groups -OCH3 is 1. The first-order valence-corrected chi connectivity index (χ1v) is 4.74. The number of rotatable bonds is 4. The Kier molecular flexibility index (Phi) is 3.05. The molecule has 0 unspecified atom stereocenters. The Bertz CT molecular complexity index is 317. The molecule has 0 fully saturated rings. The Hall–Kier alpha value is -0.880. The largest absolute Gasteiger partial charge is 0.479 e. The van der Waals surface area contributed by atoms with Crippen molar-refractivity contribution in [2.45, 2.75) is 6.61 Å². The molecule has 8 heteroatoms. The van der Waals surface area contributed by atoms with Crippen LogP contribution in [0.15, 0.2) is 10.6 Å². The van der Waals surface area contributed by atoms with E-state index in [1.54, 1.807) is 0 Å². The lowest BCUT2D eigenvalue weighted by molar-refractivity contribution is 0.169. The molecule has 1 aromatic heterocycles. The number of ether oxygens (including phenoxy) is 1. The lowest BCUT2D eigenvalue weighted by Gasteiger charge is -2.00. The highest BCUT2D eigenvalue weighted by molar-refractivity contribution is 7.46. The summed E-state index contributed by atoms with van der Waals surface area (Å²) in [6.45, 7) is -0.347. The first kappa shape index (κ1) is 10.2. The maximum atomic E-state index is 10.3. The van der Waals surface area contributed by atoms with Gasteiger partial charge in [0.25, 0.3) is 5.88 Å². The Morgan fingerprint density at radius 1 is 1.69 bits per heavy atom. The van der Waals surface area contributed by atoms with Crippen LogP contribution in [-0.2, 0) is 15.7 Å². The van der Waals surface area contributed by atoms with Crippen molar-refractivity contribution in [3.05, 3.63) is 11.8 Å². The summed E-state index contributed by atoms with van der Waals surface area (Å²) in [7, 11) is -3.06. The molecular formula is C5H8NO6P. The number of aromatic nitrogens is 1. The van der Waals surface area contributed by atoms with Crippen LogP contribution in [0.2, 0.25) is 0 Å². The molecule has 0 spiro atoms. The standard InChI is InChI=1S/C5H8NO6P/c1-10-5-2-4(12-6-5)3-11-13(7,8)9/h2H,3H2,1H3,(H2,7,8,9). The van der Waals surface area contributed by atoms with Crippen LogP contribution in [0.4, 0.5) is 0 Å². The minimum atomic E-state index is -4.46. The van der Waals surface area contributed by atoms with Crippen LogP contribution in [0.25, 0.3) is 0 Å². The fourth-order valence-electron chi connectivity index (χ4n) is 0.606. The molecule has 1 heterocycles. The van der Waals surface area contributed by atoms with Crippen LogP contribution in [0.3, 0.4) is 0 Å². The zero-order valence-corrected chi connectivity index (χ0v) is 7.60. The van der Waals surface area contributed by atoms with E-state index in [9.17, 15) is 4.57 Å². The van der Waals surface area contributed by atoms with E-state index in [2.05, 4.69) is 18.9 Å². The van der Waals surface area contributed by atoms with Crippen LogP contribution >= 0.6 is 7.82 Å². The van der Waals surface area contributed by atoms with Crippen molar-refractivity contribution < 1.29 is 28.1 Å². The number of phosphoric acid groups is 1. The van der Waals surface area contributed by atoms with Gasteiger partial charge in [-0.25, -0.2) is 4.57 Å². The number of phosphoric ester groups is 1. The molecule has 0 aliphatic carbocycles. The third-order valence-electron chi connectivity index (χ3n) is 1.12. The minimum absolute atomic E-state index is 0.181. The van der Waals surface area contributed by atoms with Gasteiger partial charge < -0.3 is 19.0 Å². The first-order chi connectivity index (χ1) is 6.01. The molecule has 0 saturated carbocycles. The third kappa shape index (κ3) is 3.56. The van der Waals surface area contributed by atoms with Gasteiger partial charge in [0.1, 0.15) is 6.61 Å². The maximum Gasteiger partial charge on any atom is 0.470 e. The highest BCUT2D eigenvalue weighted by Crippen LogP contribution is 2.37. The second kappa shape index (κ2) is 3.89. The zero-order valence-electron chi connectivity index (χ0n) is 6.71. The van der Waals surface area contributed by atoms with Crippen molar-refractivity contribution in [2.24, 2.45) is 0 Å². The molecule has 0 atom stereocenters. The smallest absolute Gasteiger partial charge is 0.470 e. The van der Waals surface area contributed by atoms with Gasteiger partial charge in [0, 0.05) is 6.07 Å². The fraction of sp³-hybridized carbons (Fsp3) is 0.400. The van der Waals surface area contributed by atoms with E-state index >= 15 is 0 Å². The molecule has 13 heavy (non-hydrogen) atoms. The molecule has 1 rings (SSSR count). The van der Waals surface area contributed by atoms with E-state index in [4.69, 9.17) is 9.79 Å². The highest BCUT2D eigenvalue weighted by Gasteiger charge is 2.15. The zero-order chi connectivity index (χ0) is 9.90. The number of hydrogen-bond acceptors (Lipinski definition) is 5. The summed E-state index contributed by atoms with van der Waals surface area (Å²) in [5.74, 6) is 0.407. The normalized spacial score (nSPS) is 11.6. The van der Waals surface area contributed by atoms with Gasteiger partial charge in [-0.3, -0.25) is 4.52 Å². The van der Waals surface area contributed by atoms with Crippen molar-refractivity contribution in [2.75, 3.05) is 7.11 Å². The first-order valence-electron chi connectivity index (χ1n) is 3.21. The lowest BCUT2D eigenvalue weighted by Crippen LogP contribution is -1.88. The predicted octanol–water partition coefficient (Wildman–Crippen LogP) is 0.292. The summed E-state index contributed by atoms with van der Waals surface area (Å²) in [4.78, 5) is 16.7. The fourth-order valence-corrected chi connectivity index (χ4v) is 0.901. The van der Waals surface area contributed by atoms with Crippen LogP contribution in [0.5, 0.6) is 5.88 Å². The molecule has 0 aromatic carbocycles. The molecule has 0 aliphatic heterocycles. The summed E-state index contributed by atoms with van der Waals surface area (Å²) >= 11 is 0. The van der Waals surface area contributed by atoms with Crippen LogP contribution in [-0.4, -0.2) is 22.1 Å². The molecule has 0 bridgehead atoms. The molecule has 7 nitrogen and oxygen atoms in total. The monoisotopic (exact) mass is 209 g/mol.